The summed E-state index contributed by atoms with van der Waals surface area (Å²) in [5.74, 6) is 0.673. The summed E-state index contributed by atoms with van der Waals surface area (Å²) in [7, 11) is 1.62. The summed E-state index contributed by atoms with van der Waals surface area (Å²) in [4.78, 5) is 4.17. The monoisotopic (exact) mass is 204 g/mol. The Bertz CT molecular complexity index is 435. The Kier molecular flexibility index (Phi) is 2.64. The van der Waals surface area contributed by atoms with Crippen LogP contribution in [-0.2, 0) is 11.5 Å². The largest absolute Gasteiger partial charge is 0.399 e. The zero-order valence-electron chi connectivity index (χ0n) is 8.42. The second-order valence-electron chi connectivity index (χ2n) is 3.15. The number of nitrogens with two attached hydrogens (primary N) is 1. The molecule has 0 aliphatic heterocycles. The molecule has 2 aromatic rings. The van der Waals surface area contributed by atoms with Crippen molar-refractivity contribution in [1.82, 2.24) is 14.8 Å². The Morgan fingerprint density at radius 1 is 1.33 bits per heavy atom. The van der Waals surface area contributed by atoms with E-state index in [9.17, 15) is 0 Å². The van der Waals surface area contributed by atoms with E-state index >= 15 is 0 Å². The normalized spacial score (nSPS) is 10.5. The Hall–Kier alpha value is -1.88. The van der Waals surface area contributed by atoms with E-state index < -0.39 is 0 Å². The number of nitrogen functional groups attached to an aromatic ring is 1. The van der Waals surface area contributed by atoms with E-state index in [1.165, 1.54) is 0 Å². The van der Waals surface area contributed by atoms with Gasteiger partial charge in [-0.25, -0.2) is 9.67 Å². The molecule has 15 heavy (non-hydrogen) atoms. The highest BCUT2D eigenvalue weighted by Crippen LogP contribution is 2.15. The summed E-state index contributed by atoms with van der Waals surface area (Å²) in [5.41, 5.74) is 7.27. The molecular formula is C10H12N4O. The molecule has 78 valence electrons. The van der Waals surface area contributed by atoms with Crippen molar-refractivity contribution < 1.29 is 4.74 Å². The van der Waals surface area contributed by atoms with Gasteiger partial charge in [-0.15, -0.1) is 5.10 Å². The highest BCUT2D eigenvalue weighted by Gasteiger charge is 2.02. The van der Waals surface area contributed by atoms with Crippen molar-refractivity contribution in [3.63, 3.8) is 0 Å². The average Bonchev–Trinajstić information content (AvgIpc) is 2.68. The number of aromatic nitrogens is 3. The minimum Gasteiger partial charge on any atom is -0.399 e. The van der Waals surface area contributed by atoms with Crippen LogP contribution < -0.4 is 5.73 Å². The summed E-state index contributed by atoms with van der Waals surface area (Å²) < 4.78 is 6.57. The van der Waals surface area contributed by atoms with Gasteiger partial charge in [-0.2, -0.15) is 0 Å². The maximum absolute atomic E-state index is 5.59. The van der Waals surface area contributed by atoms with E-state index in [1.54, 1.807) is 18.1 Å². The number of nitrogens with zero attached hydrogens (tertiary/aromatic N) is 3. The highest BCUT2D eigenvalue weighted by molar-refractivity contribution is 5.57. The lowest BCUT2D eigenvalue weighted by Gasteiger charge is -1.97. The van der Waals surface area contributed by atoms with Crippen molar-refractivity contribution in [3.05, 3.63) is 30.6 Å². The second kappa shape index (κ2) is 4.10. The molecule has 0 aliphatic carbocycles. The van der Waals surface area contributed by atoms with Crippen molar-refractivity contribution in [3.8, 4) is 11.4 Å². The third-order valence-corrected chi connectivity index (χ3v) is 1.97. The van der Waals surface area contributed by atoms with Crippen molar-refractivity contribution in [2.45, 2.75) is 6.73 Å². The molecule has 0 amide bonds. The first-order chi connectivity index (χ1) is 7.29. The van der Waals surface area contributed by atoms with Crippen LogP contribution >= 0.6 is 0 Å². The van der Waals surface area contributed by atoms with Crippen LogP contribution in [0.4, 0.5) is 5.69 Å². The van der Waals surface area contributed by atoms with E-state index in [0.717, 1.165) is 11.3 Å². The molecule has 0 atom stereocenters. The van der Waals surface area contributed by atoms with Crippen LogP contribution in [0.2, 0.25) is 0 Å². The van der Waals surface area contributed by atoms with Crippen LogP contribution in [0.15, 0.2) is 30.6 Å². The van der Waals surface area contributed by atoms with Gasteiger partial charge in [-0.3, -0.25) is 0 Å². The van der Waals surface area contributed by atoms with Gasteiger partial charge in [0.2, 0.25) is 0 Å². The van der Waals surface area contributed by atoms with Crippen LogP contribution in [0.3, 0.4) is 0 Å². The number of hydrogen-bond donors (Lipinski definition) is 1. The molecule has 1 heterocycles. The number of ether oxygens (including phenoxy) is 1. The molecule has 5 nitrogen and oxygen atoms in total. The highest BCUT2D eigenvalue weighted by atomic mass is 16.5. The Labute approximate surface area is 87.5 Å². The third-order valence-electron chi connectivity index (χ3n) is 1.97. The van der Waals surface area contributed by atoms with Crippen molar-refractivity contribution in [2.24, 2.45) is 0 Å². The van der Waals surface area contributed by atoms with Crippen molar-refractivity contribution in [1.29, 1.82) is 0 Å². The topological polar surface area (TPSA) is 66.0 Å². The van der Waals surface area contributed by atoms with E-state index in [0.29, 0.717) is 12.6 Å². The second-order valence-corrected chi connectivity index (χ2v) is 3.15. The molecule has 0 saturated carbocycles. The molecule has 0 unspecified atom stereocenters. The fraction of sp³-hybridized carbons (Fsp3) is 0.200. The van der Waals surface area contributed by atoms with Gasteiger partial charge in [-0.05, 0) is 24.3 Å². The molecule has 2 rings (SSSR count). The Balaban J connectivity index is 2.25. The zero-order valence-corrected chi connectivity index (χ0v) is 8.42. The first kappa shape index (κ1) is 9.67. The van der Waals surface area contributed by atoms with Gasteiger partial charge in [0.15, 0.2) is 5.82 Å². The lowest BCUT2D eigenvalue weighted by molar-refractivity contribution is 0.120. The van der Waals surface area contributed by atoms with Crippen LogP contribution in [0.5, 0.6) is 0 Å². The van der Waals surface area contributed by atoms with Gasteiger partial charge in [0, 0.05) is 18.4 Å². The van der Waals surface area contributed by atoms with Crippen LogP contribution in [0.1, 0.15) is 0 Å². The van der Waals surface area contributed by atoms with Gasteiger partial charge < -0.3 is 10.5 Å². The van der Waals surface area contributed by atoms with Crippen LogP contribution in [-0.4, -0.2) is 21.9 Å². The first-order valence-corrected chi connectivity index (χ1v) is 4.54. The number of hydrogen-bond acceptors (Lipinski definition) is 4. The van der Waals surface area contributed by atoms with Crippen LogP contribution in [0, 0.1) is 0 Å². The average molecular weight is 204 g/mol. The van der Waals surface area contributed by atoms with Gasteiger partial charge in [0.25, 0.3) is 0 Å². The van der Waals surface area contributed by atoms with Gasteiger partial charge in [0.05, 0.1) is 0 Å². The van der Waals surface area contributed by atoms with Crippen molar-refractivity contribution in [2.75, 3.05) is 12.8 Å². The van der Waals surface area contributed by atoms with E-state index in [1.807, 2.05) is 24.3 Å². The predicted octanol–water partition coefficient (Wildman–Crippen LogP) is 1.13. The third kappa shape index (κ3) is 2.13. The molecular weight excluding hydrogens is 192 g/mol. The minimum atomic E-state index is 0.405. The molecule has 0 fully saturated rings. The maximum atomic E-state index is 5.59. The number of rotatable bonds is 3. The number of methoxy groups -OCH3 is 1. The zero-order chi connectivity index (χ0) is 10.7. The van der Waals surface area contributed by atoms with Gasteiger partial charge >= 0.3 is 0 Å². The molecule has 5 heteroatoms. The fourth-order valence-electron chi connectivity index (χ4n) is 1.25. The number of benzene rings is 1. The Morgan fingerprint density at radius 2 is 2.07 bits per heavy atom. The summed E-state index contributed by atoms with van der Waals surface area (Å²) >= 11 is 0. The molecule has 2 N–H and O–H groups in total. The molecule has 0 spiro atoms. The maximum Gasteiger partial charge on any atom is 0.181 e. The van der Waals surface area contributed by atoms with Crippen LogP contribution in [0.25, 0.3) is 11.4 Å². The minimum absolute atomic E-state index is 0.405. The first-order valence-electron chi connectivity index (χ1n) is 4.54. The molecule has 1 aromatic carbocycles. The molecule has 1 aromatic heterocycles. The smallest absolute Gasteiger partial charge is 0.181 e. The Morgan fingerprint density at radius 3 is 2.73 bits per heavy atom. The molecule has 0 radical (unpaired) electrons. The fourth-order valence-corrected chi connectivity index (χ4v) is 1.25. The summed E-state index contributed by atoms with van der Waals surface area (Å²) in [6.07, 6.45) is 1.63. The lowest BCUT2D eigenvalue weighted by Crippen LogP contribution is -1.99. The molecule has 0 bridgehead atoms. The van der Waals surface area contributed by atoms with Gasteiger partial charge in [-0.1, -0.05) is 0 Å². The van der Waals surface area contributed by atoms with Crippen molar-refractivity contribution >= 4 is 5.69 Å². The standard InChI is InChI=1S/C10H12N4O/c1-15-7-14-6-12-10(13-14)8-2-4-9(11)5-3-8/h2-6H,7,11H2,1H3. The van der Waals surface area contributed by atoms with E-state index in [-0.39, 0.29) is 0 Å². The molecule has 0 aliphatic rings. The summed E-state index contributed by atoms with van der Waals surface area (Å²) in [5, 5.41) is 4.24. The predicted molar refractivity (Wildman–Crippen MR) is 56.9 cm³/mol. The summed E-state index contributed by atoms with van der Waals surface area (Å²) in [6.45, 7) is 0.405. The van der Waals surface area contributed by atoms with E-state index in [2.05, 4.69) is 10.1 Å². The van der Waals surface area contributed by atoms with Gasteiger partial charge in [0.1, 0.15) is 13.1 Å². The lowest BCUT2D eigenvalue weighted by atomic mass is 10.2. The number of anilines is 1. The van der Waals surface area contributed by atoms with E-state index in [4.69, 9.17) is 10.5 Å². The SMILES string of the molecule is COCn1cnc(-c2ccc(N)cc2)n1. The molecule has 0 saturated heterocycles. The summed E-state index contributed by atoms with van der Waals surface area (Å²) in [6, 6.07) is 7.43. The quantitative estimate of drug-likeness (QED) is 0.761.